The summed E-state index contributed by atoms with van der Waals surface area (Å²) in [4.78, 5) is 11.0. The molecule has 3 heteroatoms. The Labute approximate surface area is 65.6 Å². The molecule has 0 unspecified atom stereocenters. The van der Waals surface area contributed by atoms with Gasteiger partial charge in [-0.3, -0.25) is 0 Å². The van der Waals surface area contributed by atoms with E-state index in [0.29, 0.717) is 6.61 Å². The summed E-state index contributed by atoms with van der Waals surface area (Å²) in [6, 6.07) is 5.73. The second-order valence-electron chi connectivity index (χ2n) is 2.74. The second-order valence-corrected chi connectivity index (χ2v) is 2.74. The molecular weight excluding hydrogens is 139 g/mol. The van der Waals surface area contributed by atoms with E-state index in [1.165, 1.54) is 5.46 Å². The number of ether oxygens (including phenoxy) is 1. The predicted octanol–water partition coefficient (Wildman–Crippen LogP) is -0.385. The Kier molecular flexibility index (Phi) is 1.25. The summed E-state index contributed by atoms with van der Waals surface area (Å²) in [5, 5.41) is 0. The van der Waals surface area contributed by atoms with Gasteiger partial charge in [-0.1, -0.05) is 17.6 Å². The molecule has 0 fully saturated rings. The molecule has 1 heterocycles. The Morgan fingerprint density at radius 1 is 1.45 bits per heavy atom. The smallest absolute Gasteiger partial charge is 0.338 e. The van der Waals surface area contributed by atoms with Gasteiger partial charge < -0.3 is 4.74 Å². The third kappa shape index (κ3) is 0.927. The van der Waals surface area contributed by atoms with Crippen LogP contribution >= 0.6 is 0 Å². The Hall–Kier alpha value is -1.25. The molecule has 54 valence electrons. The van der Waals surface area contributed by atoms with E-state index in [0.717, 1.165) is 11.1 Å². The van der Waals surface area contributed by atoms with Crippen LogP contribution in [0.5, 0.6) is 0 Å². The first-order valence-electron chi connectivity index (χ1n) is 3.54. The van der Waals surface area contributed by atoms with Crippen molar-refractivity contribution >= 4 is 19.3 Å². The highest BCUT2D eigenvalue weighted by molar-refractivity contribution is 6.32. The predicted molar refractivity (Wildman–Crippen MR) is 43.7 cm³/mol. The third-order valence-corrected chi connectivity index (χ3v) is 1.84. The van der Waals surface area contributed by atoms with E-state index in [1.54, 1.807) is 0 Å². The summed E-state index contributed by atoms with van der Waals surface area (Å²) in [5.41, 5.74) is 2.90. The molecule has 0 N–H and O–H groups in total. The Morgan fingerprint density at radius 2 is 2.27 bits per heavy atom. The lowest BCUT2D eigenvalue weighted by Crippen LogP contribution is -2.03. The molecule has 0 aliphatic carbocycles. The average molecular weight is 146 g/mol. The van der Waals surface area contributed by atoms with Gasteiger partial charge in [-0.05, 0) is 6.07 Å². The number of rotatable bonds is 0. The minimum Gasteiger partial charge on any atom is -0.457 e. The first-order chi connectivity index (χ1) is 5.27. The maximum absolute atomic E-state index is 11.0. The summed E-state index contributed by atoms with van der Waals surface area (Å²) in [5.74, 6) is -0.194. The molecule has 1 aromatic carbocycles. The number of benzene rings is 1. The van der Waals surface area contributed by atoms with Crippen LogP contribution in [0.25, 0.3) is 0 Å². The number of hydrogen-bond donors (Lipinski definition) is 0. The standard InChI is InChI=1S/C8H7BO2/c9-6-1-2-7-5(3-6)4-11-8(7)10/h1-3H,4,9H2. The average Bonchev–Trinajstić information content (AvgIpc) is 2.32. The number of fused-ring (bicyclic) bond motifs is 1. The molecule has 0 spiro atoms. The van der Waals surface area contributed by atoms with Gasteiger partial charge in [0.15, 0.2) is 0 Å². The molecule has 0 saturated heterocycles. The molecular formula is C8H7BO2. The van der Waals surface area contributed by atoms with Crippen LogP contribution in [0.2, 0.25) is 0 Å². The zero-order valence-electron chi connectivity index (χ0n) is 6.26. The molecule has 0 aromatic heterocycles. The lowest BCUT2D eigenvalue weighted by molar-refractivity contribution is 0.0535. The number of carbonyl (C=O) groups is 1. The van der Waals surface area contributed by atoms with E-state index >= 15 is 0 Å². The molecule has 2 nitrogen and oxygen atoms in total. The summed E-state index contributed by atoms with van der Waals surface area (Å²) < 4.78 is 4.84. The van der Waals surface area contributed by atoms with Crippen molar-refractivity contribution in [1.29, 1.82) is 0 Å². The van der Waals surface area contributed by atoms with Gasteiger partial charge in [0.25, 0.3) is 0 Å². The van der Waals surface area contributed by atoms with Gasteiger partial charge in [0.1, 0.15) is 14.5 Å². The number of carbonyl (C=O) groups excluding carboxylic acids is 1. The van der Waals surface area contributed by atoms with Gasteiger partial charge in [-0.25, -0.2) is 4.79 Å². The molecule has 0 bridgehead atoms. The van der Waals surface area contributed by atoms with E-state index in [4.69, 9.17) is 4.74 Å². The van der Waals surface area contributed by atoms with Crippen molar-refractivity contribution in [3.8, 4) is 0 Å². The van der Waals surface area contributed by atoms with Crippen LogP contribution in [0.1, 0.15) is 15.9 Å². The molecule has 0 atom stereocenters. The van der Waals surface area contributed by atoms with Crippen LogP contribution in [-0.4, -0.2) is 13.8 Å². The minimum absolute atomic E-state index is 0.194. The first kappa shape index (κ1) is 6.46. The quantitative estimate of drug-likeness (QED) is 0.368. The van der Waals surface area contributed by atoms with Crippen LogP contribution in [-0.2, 0) is 11.3 Å². The van der Waals surface area contributed by atoms with Gasteiger partial charge in [0.2, 0.25) is 0 Å². The maximum atomic E-state index is 11.0. The SMILES string of the molecule is Bc1ccc2c(c1)COC2=O. The van der Waals surface area contributed by atoms with Crippen molar-refractivity contribution in [3.05, 3.63) is 29.3 Å². The normalized spacial score (nSPS) is 14.4. The van der Waals surface area contributed by atoms with E-state index in [9.17, 15) is 4.79 Å². The number of esters is 1. The number of cyclic esters (lactones) is 1. The first-order valence-corrected chi connectivity index (χ1v) is 3.54. The van der Waals surface area contributed by atoms with Gasteiger partial charge in [0.05, 0.1) is 5.56 Å². The summed E-state index contributed by atoms with van der Waals surface area (Å²) >= 11 is 0. The van der Waals surface area contributed by atoms with E-state index < -0.39 is 0 Å². The fourth-order valence-corrected chi connectivity index (χ4v) is 1.26. The molecule has 1 aromatic rings. The van der Waals surface area contributed by atoms with Crippen molar-refractivity contribution in [2.45, 2.75) is 6.61 Å². The Balaban J connectivity index is 2.59. The molecule has 1 aliphatic heterocycles. The summed E-state index contributed by atoms with van der Waals surface area (Å²) in [6.07, 6.45) is 0. The molecule has 0 saturated carbocycles. The second kappa shape index (κ2) is 2.12. The van der Waals surface area contributed by atoms with Crippen molar-refractivity contribution in [1.82, 2.24) is 0 Å². The third-order valence-electron chi connectivity index (χ3n) is 1.84. The lowest BCUT2D eigenvalue weighted by atomic mass is 9.93. The Bertz CT molecular complexity index is 320. The van der Waals surface area contributed by atoms with Crippen molar-refractivity contribution in [3.63, 3.8) is 0 Å². The Morgan fingerprint density at radius 3 is 3.09 bits per heavy atom. The minimum atomic E-state index is -0.194. The highest BCUT2D eigenvalue weighted by Gasteiger charge is 2.19. The van der Waals surface area contributed by atoms with Crippen LogP contribution in [0.3, 0.4) is 0 Å². The van der Waals surface area contributed by atoms with E-state index in [2.05, 4.69) is 0 Å². The van der Waals surface area contributed by atoms with Crippen LogP contribution in [0, 0.1) is 0 Å². The van der Waals surface area contributed by atoms with E-state index in [-0.39, 0.29) is 5.97 Å². The summed E-state index contributed by atoms with van der Waals surface area (Å²) in [7, 11) is 2.00. The molecule has 2 rings (SSSR count). The van der Waals surface area contributed by atoms with Crippen LogP contribution in [0.4, 0.5) is 0 Å². The van der Waals surface area contributed by atoms with Gasteiger partial charge >= 0.3 is 5.97 Å². The lowest BCUT2D eigenvalue weighted by Gasteiger charge is -1.94. The summed E-state index contributed by atoms with van der Waals surface area (Å²) in [6.45, 7) is 0.440. The topological polar surface area (TPSA) is 26.3 Å². The molecule has 0 amide bonds. The number of hydrogen-bond acceptors (Lipinski definition) is 2. The van der Waals surface area contributed by atoms with Crippen molar-refractivity contribution < 1.29 is 9.53 Å². The fraction of sp³-hybridized carbons (Fsp3) is 0.125. The largest absolute Gasteiger partial charge is 0.457 e. The van der Waals surface area contributed by atoms with Crippen LogP contribution in [0.15, 0.2) is 18.2 Å². The monoisotopic (exact) mass is 146 g/mol. The van der Waals surface area contributed by atoms with Gasteiger partial charge in [-0.2, -0.15) is 0 Å². The molecule has 1 aliphatic rings. The van der Waals surface area contributed by atoms with Crippen molar-refractivity contribution in [2.75, 3.05) is 0 Å². The zero-order chi connectivity index (χ0) is 7.84. The highest BCUT2D eigenvalue weighted by atomic mass is 16.5. The van der Waals surface area contributed by atoms with Gasteiger partial charge in [-0.15, -0.1) is 0 Å². The van der Waals surface area contributed by atoms with E-state index in [1.807, 2.05) is 26.0 Å². The molecule has 0 radical (unpaired) electrons. The van der Waals surface area contributed by atoms with Crippen molar-refractivity contribution in [2.24, 2.45) is 0 Å². The molecule has 11 heavy (non-hydrogen) atoms. The zero-order valence-corrected chi connectivity index (χ0v) is 6.26. The highest BCUT2D eigenvalue weighted by Crippen LogP contribution is 2.17. The maximum Gasteiger partial charge on any atom is 0.338 e. The van der Waals surface area contributed by atoms with Crippen LogP contribution < -0.4 is 5.46 Å². The fourth-order valence-electron chi connectivity index (χ4n) is 1.26. The van der Waals surface area contributed by atoms with Gasteiger partial charge in [0, 0.05) is 5.56 Å².